The van der Waals surface area contributed by atoms with Crippen molar-refractivity contribution in [3.8, 4) is 0 Å². The maximum atomic E-state index is 13.9. The number of carboxylic acid groups (broad SMARTS) is 1. The highest BCUT2D eigenvalue weighted by Gasteiger charge is 2.20. The number of anilines is 2. The molecule has 19 heavy (non-hydrogen) atoms. The van der Waals surface area contributed by atoms with Gasteiger partial charge in [-0.3, -0.25) is 4.79 Å². The van der Waals surface area contributed by atoms with Crippen molar-refractivity contribution in [2.75, 3.05) is 10.6 Å². The van der Waals surface area contributed by atoms with Crippen molar-refractivity contribution in [2.45, 2.75) is 32.2 Å². The van der Waals surface area contributed by atoms with E-state index in [1.807, 2.05) is 0 Å². The van der Waals surface area contributed by atoms with Crippen LogP contribution in [0.1, 0.15) is 25.3 Å². The normalized spacial score (nSPS) is 15.4. The summed E-state index contributed by atoms with van der Waals surface area (Å²) in [6.07, 6.45) is 1.17. The molecule has 0 fully saturated rings. The van der Waals surface area contributed by atoms with Gasteiger partial charge in [0.2, 0.25) is 5.91 Å². The molecule has 102 valence electrons. The molecular formula is C13H15FN2O3. The predicted molar refractivity (Wildman–Crippen MR) is 68.7 cm³/mol. The van der Waals surface area contributed by atoms with Crippen LogP contribution in [0.4, 0.5) is 15.8 Å². The zero-order valence-electron chi connectivity index (χ0n) is 10.5. The number of carbonyl (C=O) groups is 2. The second-order valence-electron chi connectivity index (χ2n) is 4.48. The number of aryl methyl sites for hydroxylation is 1. The first-order valence-electron chi connectivity index (χ1n) is 6.13. The number of halogens is 1. The average molecular weight is 266 g/mol. The van der Waals surface area contributed by atoms with Crippen LogP contribution in [0.2, 0.25) is 0 Å². The minimum Gasteiger partial charge on any atom is -0.480 e. The molecular weight excluding hydrogens is 251 g/mol. The standard InChI is InChI=1S/C13H15FN2O3/c1-2-9(13(18)19)15-11-6-10-7(5-8(11)14)3-4-12(17)16-10/h5-6,9,15H,2-4H2,1H3,(H,16,17)(H,18,19). The van der Waals surface area contributed by atoms with Gasteiger partial charge >= 0.3 is 5.97 Å². The Balaban J connectivity index is 2.28. The van der Waals surface area contributed by atoms with Crippen molar-refractivity contribution in [2.24, 2.45) is 0 Å². The monoisotopic (exact) mass is 266 g/mol. The van der Waals surface area contributed by atoms with E-state index in [2.05, 4.69) is 10.6 Å². The lowest BCUT2D eigenvalue weighted by atomic mass is 10.0. The summed E-state index contributed by atoms with van der Waals surface area (Å²) in [5, 5.41) is 14.2. The molecule has 1 heterocycles. The van der Waals surface area contributed by atoms with Crippen molar-refractivity contribution >= 4 is 23.3 Å². The summed E-state index contributed by atoms with van der Waals surface area (Å²) in [6, 6.07) is 1.94. The summed E-state index contributed by atoms with van der Waals surface area (Å²) in [4.78, 5) is 22.2. The van der Waals surface area contributed by atoms with Gasteiger partial charge in [0, 0.05) is 12.1 Å². The van der Waals surface area contributed by atoms with Gasteiger partial charge in [-0.25, -0.2) is 9.18 Å². The summed E-state index contributed by atoms with van der Waals surface area (Å²) in [5.41, 5.74) is 1.36. The van der Waals surface area contributed by atoms with Crippen molar-refractivity contribution in [1.82, 2.24) is 0 Å². The van der Waals surface area contributed by atoms with E-state index in [1.165, 1.54) is 12.1 Å². The highest BCUT2D eigenvalue weighted by atomic mass is 19.1. The number of benzene rings is 1. The SMILES string of the molecule is CCC(Nc1cc2c(cc1F)CCC(=O)N2)C(=O)O. The molecule has 0 saturated heterocycles. The molecule has 5 nitrogen and oxygen atoms in total. The first-order valence-corrected chi connectivity index (χ1v) is 6.13. The molecule has 0 aromatic heterocycles. The lowest BCUT2D eigenvalue weighted by Gasteiger charge is -2.20. The maximum absolute atomic E-state index is 13.9. The smallest absolute Gasteiger partial charge is 0.326 e. The van der Waals surface area contributed by atoms with Crippen molar-refractivity contribution in [3.63, 3.8) is 0 Å². The van der Waals surface area contributed by atoms with Crippen LogP contribution in [0.25, 0.3) is 0 Å². The molecule has 2 rings (SSSR count). The van der Waals surface area contributed by atoms with Crippen molar-refractivity contribution < 1.29 is 19.1 Å². The molecule has 0 bridgehead atoms. The van der Waals surface area contributed by atoms with Crippen LogP contribution in [-0.2, 0) is 16.0 Å². The van der Waals surface area contributed by atoms with Crippen molar-refractivity contribution in [3.05, 3.63) is 23.5 Å². The van der Waals surface area contributed by atoms with Crippen LogP contribution in [0.5, 0.6) is 0 Å². The lowest BCUT2D eigenvalue weighted by molar-refractivity contribution is -0.138. The van der Waals surface area contributed by atoms with E-state index in [4.69, 9.17) is 5.11 Å². The number of hydrogen-bond donors (Lipinski definition) is 3. The van der Waals surface area contributed by atoms with Gasteiger partial charge in [0.25, 0.3) is 0 Å². The number of carboxylic acids is 1. The molecule has 1 unspecified atom stereocenters. The Bertz CT molecular complexity index is 531. The van der Waals surface area contributed by atoms with Gasteiger partial charge in [-0.1, -0.05) is 6.92 Å². The minimum absolute atomic E-state index is 0.0928. The molecule has 1 aliphatic rings. The van der Waals surface area contributed by atoms with E-state index in [9.17, 15) is 14.0 Å². The molecule has 1 aromatic rings. The maximum Gasteiger partial charge on any atom is 0.326 e. The zero-order valence-corrected chi connectivity index (χ0v) is 10.5. The van der Waals surface area contributed by atoms with E-state index in [1.54, 1.807) is 6.92 Å². The molecule has 1 aromatic carbocycles. The first-order chi connectivity index (χ1) is 9.01. The number of amides is 1. The van der Waals surface area contributed by atoms with Crippen LogP contribution in [0, 0.1) is 5.82 Å². The second-order valence-corrected chi connectivity index (χ2v) is 4.48. The molecule has 1 amide bonds. The number of rotatable bonds is 4. The molecule has 0 saturated carbocycles. The lowest BCUT2D eigenvalue weighted by Crippen LogP contribution is -2.29. The molecule has 1 aliphatic heterocycles. The summed E-state index contributed by atoms with van der Waals surface area (Å²) in [5.74, 6) is -1.66. The van der Waals surface area contributed by atoms with Gasteiger partial charge in [-0.05, 0) is 30.5 Å². The third kappa shape index (κ3) is 2.83. The molecule has 0 spiro atoms. The van der Waals surface area contributed by atoms with Gasteiger partial charge in [-0.2, -0.15) is 0 Å². The predicted octanol–water partition coefficient (Wildman–Crippen LogP) is 1.99. The molecule has 6 heteroatoms. The largest absolute Gasteiger partial charge is 0.480 e. The average Bonchev–Trinajstić information content (AvgIpc) is 2.36. The van der Waals surface area contributed by atoms with Gasteiger partial charge < -0.3 is 15.7 Å². The van der Waals surface area contributed by atoms with E-state index in [-0.39, 0.29) is 11.6 Å². The summed E-state index contributed by atoms with van der Waals surface area (Å²) >= 11 is 0. The van der Waals surface area contributed by atoms with Gasteiger partial charge in [-0.15, -0.1) is 0 Å². The Morgan fingerprint density at radius 3 is 2.89 bits per heavy atom. The fraction of sp³-hybridized carbons (Fsp3) is 0.385. The van der Waals surface area contributed by atoms with E-state index >= 15 is 0 Å². The van der Waals surface area contributed by atoms with E-state index in [0.717, 1.165) is 5.56 Å². The summed E-state index contributed by atoms with van der Waals surface area (Å²) in [7, 11) is 0. The third-order valence-corrected chi connectivity index (χ3v) is 3.12. The summed E-state index contributed by atoms with van der Waals surface area (Å²) in [6.45, 7) is 1.70. The Labute approximate surface area is 109 Å². The number of carbonyl (C=O) groups excluding carboxylic acids is 1. The minimum atomic E-state index is -1.04. The van der Waals surface area contributed by atoms with Gasteiger partial charge in [0.05, 0.1) is 5.69 Å². The number of fused-ring (bicyclic) bond motifs is 1. The Kier molecular flexibility index (Phi) is 3.69. The molecule has 1 atom stereocenters. The first kappa shape index (κ1) is 13.3. The zero-order chi connectivity index (χ0) is 14.0. The third-order valence-electron chi connectivity index (χ3n) is 3.12. The van der Waals surface area contributed by atoms with Gasteiger partial charge in [0.1, 0.15) is 11.9 Å². The Morgan fingerprint density at radius 1 is 1.53 bits per heavy atom. The molecule has 3 N–H and O–H groups in total. The van der Waals surface area contributed by atoms with Crippen molar-refractivity contribution in [1.29, 1.82) is 0 Å². The highest BCUT2D eigenvalue weighted by Crippen LogP contribution is 2.29. The summed E-state index contributed by atoms with van der Waals surface area (Å²) < 4.78 is 13.9. The fourth-order valence-corrected chi connectivity index (χ4v) is 2.04. The van der Waals surface area contributed by atoms with E-state index in [0.29, 0.717) is 24.9 Å². The van der Waals surface area contributed by atoms with Crippen LogP contribution in [0.15, 0.2) is 12.1 Å². The Hall–Kier alpha value is -2.11. The topological polar surface area (TPSA) is 78.4 Å². The quantitative estimate of drug-likeness (QED) is 0.778. The van der Waals surface area contributed by atoms with Gasteiger partial charge in [0.15, 0.2) is 0 Å². The second kappa shape index (κ2) is 5.26. The fourth-order valence-electron chi connectivity index (χ4n) is 2.04. The van der Waals surface area contributed by atoms with Crippen LogP contribution >= 0.6 is 0 Å². The Morgan fingerprint density at radius 2 is 2.26 bits per heavy atom. The highest BCUT2D eigenvalue weighted by molar-refractivity contribution is 5.94. The molecule has 0 radical (unpaired) electrons. The van der Waals surface area contributed by atoms with Crippen LogP contribution in [-0.4, -0.2) is 23.0 Å². The molecule has 0 aliphatic carbocycles. The van der Waals surface area contributed by atoms with Crippen LogP contribution in [0.3, 0.4) is 0 Å². The van der Waals surface area contributed by atoms with E-state index < -0.39 is 17.8 Å². The number of aliphatic carboxylic acids is 1. The van der Waals surface area contributed by atoms with Crippen LogP contribution < -0.4 is 10.6 Å². The number of nitrogens with one attached hydrogen (secondary N) is 2. The number of hydrogen-bond acceptors (Lipinski definition) is 3.